The average Bonchev–Trinajstić information content (AvgIpc) is 2.67. The van der Waals surface area contributed by atoms with Gasteiger partial charge < -0.3 is 9.55 Å². The maximum Gasteiger partial charge on any atom is 0.0507 e. The second kappa shape index (κ2) is 2.66. The molecule has 1 aromatic rings. The summed E-state index contributed by atoms with van der Waals surface area (Å²) in [4.78, 5) is 3.33. The van der Waals surface area contributed by atoms with Gasteiger partial charge >= 0.3 is 0 Å². The van der Waals surface area contributed by atoms with Crippen molar-refractivity contribution in [3.8, 4) is 11.3 Å². The van der Waals surface area contributed by atoms with E-state index in [0.29, 0.717) is 0 Å². The Morgan fingerprint density at radius 3 is 2.73 bits per heavy atom. The lowest BCUT2D eigenvalue weighted by Gasteiger charge is -2.00. The van der Waals surface area contributed by atoms with Gasteiger partial charge in [-0.05, 0) is 37.6 Å². The van der Waals surface area contributed by atoms with E-state index in [9.17, 15) is 0 Å². The van der Waals surface area contributed by atoms with E-state index in [0.717, 1.165) is 0 Å². The number of aryl methyl sites for hydroxylation is 3. The number of aromatic amines is 1. The first kappa shape index (κ1) is 8.60. The summed E-state index contributed by atoms with van der Waals surface area (Å²) in [6.45, 7) is 4.26. The zero-order valence-corrected chi connectivity index (χ0v) is 9.26. The number of hydrogen-bond acceptors (Lipinski definition) is 0. The van der Waals surface area contributed by atoms with Crippen LogP contribution in [0.4, 0.5) is 0 Å². The third kappa shape index (κ3) is 1.05. The number of fused-ring (bicyclic) bond motifs is 3. The van der Waals surface area contributed by atoms with Gasteiger partial charge in [0.15, 0.2) is 0 Å². The maximum absolute atomic E-state index is 3.33. The fourth-order valence-corrected chi connectivity index (χ4v) is 2.24. The van der Waals surface area contributed by atoms with Crippen LogP contribution in [0.2, 0.25) is 0 Å². The highest BCUT2D eigenvalue weighted by Gasteiger charge is 2.13. The van der Waals surface area contributed by atoms with Crippen molar-refractivity contribution < 1.29 is 0 Å². The number of aromatic nitrogens is 2. The molecule has 0 unspecified atom stereocenters. The summed E-state index contributed by atoms with van der Waals surface area (Å²) in [5.41, 5.74) is 6.44. The molecule has 0 saturated carbocycles. The Morgan fingerprint density at radius 1 is 1.13 bits per heavy atom. The Labute approximate surface area is 88.9 Å². The van der Waals surface area contributed by atoms with Crippen LogP contribution in [0, 0.1) is 13.8 Å². The van der Waals surface area contributed by atoms with Gasteiger partial charge in [0.2, 0.25) is 0 Å². The van der Waals surface area contributed by atoms with Crippen molar-refractivity contribution in [3.05, 3.63) is 35.7 Å². The first-order valence-corrected chi connectivity index (χ1v) is 5.20. The average molecular weight is 198 g/mol. The van der Waals surface area contributed by atoms with Gasteiger partial charge in [0, 0.05) is 35.6 Å². The molecule has 0 saturated heterocycles. The molecule has 0 amide bonds. The Bertz CT molecular complexity index is 613. The molecule has 76 valence electrons. The second-order valence-corrected chi connectivity index (χ2v) is 4.29. The quantitative estimate of drug-likeness (QED) is 0.572. The summed E-state index contributed by atoms with van der Waals surface area (Å²) in [6, 6.07) is 6.72. The molecular formula is C13H14N2. The van der Waals surface area contributed by atoms with Crippen molar-refractivity contribution >= 4 is 10.9 Å². The highest BCUT2D eigenvalue weighted by atomic mass is 14.9. The molecule has 1 N–H and O–H groups in total. The Balaban J connectivity index is 2.51. The van der Waals surface area contributed by atoms with E-state index in [2.05, 4.69) is 48.6 Å². The molecule has 2 heteroatoms. The van der Waals surface area contributed by atoms with E-state index in [1.165, 1.54) is 33.4 Å². The summed E-state index contributed by atoms with van der Waals surface area (Å²) in [6.07, 6.45) is 2.05. The number of nitrogens with one attached hydrogen (secondary N) is 1. The molecule has 3 rings (SSSR count). The van der Waals surface area contributed by atoms with E-state index in [4.69, 9.17) is 0 Å². The van der Waals surface area contributed by atoms with Crippen molar-refractivity contribution in [1.29, 1.82) is 0 Å². The van der Waals surface area contributed by atoms with Crippen LogP contribution < -0.4 is 0 Å². The van der Waals surface area contributed by atoms with Crippen LogP contribution in [-0.2, 0) is 7.05 Å². The van der Waals surface area contributed by atoms with Gasteiger partial charge in [-0.15, -0.1) is 0 Å². The van der Waals surface area contributed by atoms with Crippen LogP contribution in [0.15, 0.2) is 24.4 Å². The zero-order chi connectivity index (χ0) is 10.6. The topological polar surface area (TPSA) is 20.7 Å². The van der Waals surface area contributed by atoms with E-state index >= 15 is 0 Å². The molecule has 0 bridgehead atoms. The highest BCUT2D eigenvalue weighted by molar-refractivity contribution is 6.00. The van der Waals surface area contributed by atoms with Crippen LogP contribution in [0.25, 0.3) is 22.2 Å². The zero-order valence-electron chi connectivity index (χ0n) is 9.26. The van der Waals surface area contributed by atoms with E-state index < -0.39 is 0 Å². The minimum atomic E-state index is 1.22. The van der Waals surface area contributed by atoms with Gasteiger partial charge in [-0.3, -0.25) is 0 Å². The van der Waals surface area contributed by atoms with Crippen LogP contribution in [0.5, 0.6) is 0 Å². The predicted octanol–water partition coefficient (Wildman–Crippen LogP) is 3.23. The summed E-state index contributed by atoms with van der Waals surface area (Å²) in [5.74, 6) is 0. The second-order valence-electron chi connectivity index (χ2n) is 4.29. The number of hydrogen-bond donors (Lipinski definition) is 1. The molecule has 1 aliphatic heterocycles. The monoisotopic (exact) mass is 198 g/mol. The molecule has 15 heavy (non-hydrogen) atoms. The molecule has 0 fully saturated rings. The molecule has 2 heterocycles. The van der Waals surface area contributed by atoms with Crippen molar-refractivity contribution in [2.24, 2.45) is 7.05 Å². The maximum atomic E-state index is 3.33. The smallest absolute Gasteiger partial charge is 0.0507 e. The van der Waals surface area contributed by atoms with Gasteiger partial charge in [0.1, 0.15) is 0 Å². The number of nitrogens with zero attached hydrogens (tertiary/aromatic N) is 1. The van der Waals surface area contributed by atoms with Crippen LogP contribution in [0.1, 0.15) is 11.3 Å². The van der Waals surface area contributed by atoms with Gasteiger partial charge in [0.05, 0.1) is 5.52 Å². The first-order chi connectivity index (χ1) is 7.16. The Hall–Kier alpha value is -1.70. The summed E-state index contributed by atoms with van der Waals surface area (Å²) in [5, 5.41) is 1.35. The van der Waals surface area contributed by atoms with Crippen LogP contribution in [0.3, 0.4) is 0 Å². The number of pyridine rings is 1. The first-order valence-electron chi connectivity index (χ1n) is 5.20. The van der Waals surface area contributed by atoms with Gasteiger partial charge in [-0.1, -0.05) is 0 Å². The number of H-pyrrole nitrogens is 1. The lowest BCUT2D eigenvalue weighted by atomic mass is 10.1. The third-order valence-electron chi connectivity index (χ3n) is 3.21. The SMILES string of the molecule is Cc1c[nH]c2cc3c(cc(C)n3C)c-2c1. The minimum Gasteiger partial charge on any atom is -0.361 e. The van der Waals surface area contributed by atoms with Gasteiger partial charge in [0.25, 0.3) is 0 Å². The molecule has 2 nitrogen and oxygen atoms in total. The van der Waals surface area contributed by atoms with Crippen molar-refractivity contribution in [2.45, 2.75) is 13.8 Å². The normalized spacial score (nSPS) is 11.7. The molecule has 2 aliphatic rings. The van der Waals surface area contributed by atoms with E-state index in [-0.39, 0.29) is 0 Å². The van der Waals surface area contributed by atoms with E-state index in [1.807, 2.05) is 6.20 Å². The van der Waals surface area contributed by atoms with Gasteiger partial charge in [-0.2, -0.15) is 0 Å². The molecule has 0 radical (unpaired) electrons. The summed E-state index contributed by atoms with van der Waals surface area (Å²) in [7, 11) is 2.11. The van der Waals surface area contributed by atoms with Crippen molar-refractivity contribution in [3.63, 3.8) is 0 Å². The lowest BCUT2D eigenvalue weighted by molar-refractivity contribution is 0.918. The predicted molar refractivity (Wildman–Crippen MR) is 63.4 cm³/mol. The van der Waals surface area contributed by atoms with Crippen LogP contribution >= 0.6 is 0 Å². The third-order valence-corrected chi connectivity index (χ3v) is 3.21. The Kier molecular flexibility index (Phi) is 1.52. The fraction of sp³-hybridized carbons (Fsp3) is 0.231. The van der Waals surface area contributed by atoms with Crippen LogP contribution in [-0.4, -0.2) is 9.55 Å². The van der Waals surface area contributed by atoms with Gasteiger partial charge in [-0.25, -0.2) is 0 Å². The minimum absolute atomic E-state index is 1.22. The standard InChI is InChI=1S/C13H14N2/c1-8-4-10-11-5-9(2)15(3)13(11)6-12(10)14-7-8/h4-7,14H,1-3H3. The molecule has 0 aromatic carbocycles. The molecule has 0 atom stereocenters. The van der Waals surface area contributed by atoms with Crippen molar-refractivity contribution in [1.82, 2.24) is 9.55 Å². The summed E-state index contributed by atoms with van der Waals surface area (Å²) < 4.78 is 2.23. The largest absolute Gasteiger partial charge is 0.361 e. The lowest BCUT2D eigenvalue weighted by Crippen LogP contribution is -1.88. The van der Waals surface area contributed by atoms with E-state index in [1.54, 1.807) is 0 Å². The fourth-order valence-electron chi connectivity index (χ4n) is 2.24. The Morgan fingerprint density at radius 2 is 1.93 bits per heavy atom. The molecule has 1 aliphatic carbocycles. The summed E-state index contributed by atoms with van der Waals surface area (Å²) >= 11 is 0. The molecule has 0 spiro atoms. The highest BCUT2D eigenvalue weighted by Crippen LogP contribution is 2.34. The molecular weight excluding hydrogens is 184 g/mol. The molecule has 1 aromatic heterocycles. The number of rotatable bonds is 0. The van der Waals surface area contributed by atoms with Crippen molar-refractivity contribution in [2.75, 3.05) is 0 Å².